The predicted molar refractivity (Wildman–Crippen MR) is 135 cm³/mol. The number of hydrogen-bond donors (Lipinski definition) is 2. The van der Waals surface area contributed by atoms with E-state index in [4.69, 9.17) is 0 Å². The molecule has 0 saturated carbocycles. The number of nitrogens with one attached hydrogen (secondary N) is 2. The Hall–Kier alpha value is -3.90. The smallest absolute Gasteiger partial charge is 0.261 e. The van der Waals surface area contributed by atoms with Crippen LogP contribution in [0.15, 0.2) is 108 Å². The van der Waals surface area contributed by atoms with Crippen molar-refractivity contribution in [2.75, 3.05) is 4.72 Å². The van der Waals surface area contributed by atoms with E-state index in [-0.39, 0.29) is 16.8 Å². The van der Waals surface area contributed by atoms with Crippen LogP contribution in [-0.2, 0) is 10.0 Å². The van der Waals surface area contributed by atoms with Crippen molar-refractivity contribution in [3.05, 3.63) is 131 Å². The standard InChI is InChI=1S/C28H26N2O3S/c1-20-11-9-10-16-25(20)27(22-12-5-3-6-13-22)29-28(31)23-18-17-21(2)26(19-23)30-34(32,33)24-14-7-4-8-15-24/h3-19,27,30H,1-2H3,(H,29,31)/t27-/m1/s1. The molecule has 1 atom stereocenters. The number of sulfonamides is 1. The van der Waals surface area contributed by atoms with Crippen LogP contribution in [0.1, 0.15) is 38.7 Å². The first-order chi connectivity index (χ1) is 16.3. The van der Waals surface area contributed by atoms with Gasteiger partial charge >= 0.3 is 0 Å². The molecule has 4 aromatic carbocycles. The number of rotatable bonds is 7. The van der Waals surface area contributed by atoms with Gasteiger partial charge in [0.1, 0.15) is 0 Å². The fourth-order valence-corrected chi connectivity index (χ4v) is 4.93. The molecule has 1 amide bonds. The first kappa shape index (κ1) is 23.3. The molecule has 0 spiro atoms. The van der Waals surface area contributed by atoms with Gasteiger partial charge in [0.05, 0.1) is 16.6 Å². The van der Waals surface area contributed by atoms with Crippen molar-refractivity contribution in [2.45, 2.75) is 24.8 Å². The van der Waals surface area contributed by atoms with Crippen molar-refractivity contribution >= 4 is 21.6 Å². The summed E-state index contributed by atoms with van der Waals surface area (Å²) < 4.78 is 28.2. The van der Waals surface area contributed by atoms with Crippen LogP contribution < -0.4 is 10.0 Å². The van der Waals surface area contributed by atoms with Crippen LogP contribution in [0.2, 0.25) is 0 Å². The van der Waals surface area contributed by atoms with Crippen molar-refractivity contribution in [1.82, 2.24) is 5.32 Å². The molecule has 4 aromatic rings. The van der Waals surface area contributed by atoms with Gasteiger partial charge in [0.2, 0.25) is 0 Å². The molecule has 0 aliphatic carbocycles. The zero-order valence-electron chi connectivity index (χ0n) is 19.0. The van der Waals surface area contributed by atoms with E-state index < -0.39 is 10.0 Å². The van der Waals surface area contributed by atoms with Crippen LogP contribution in [0.3, 0.4) is 0 Å². The lowest BCUT2D eigenvalue weighted by atomic mass is 9.94. The normalized spacial score (nSPS) is 12.1. The summed E-state index contributed by atoms with van der Waals surface area (Å²) in [5, 5.41) is 3.13. The van der Waals surface area contributed by atoms with Crippen LogP contribution in [0.4, 0.5) is 5.69 Å². The zero-order chi connectivity index (χ0) is 24.1. The Morgan fingerprint density at radius 2 is 1.35 bits per heavy atom. The molecule has 0 radical (unpaired) electrons. The Kier molecular flexibility index (Phi) is 6.80. The highest BCUT2D eigenvalue weighted by Gasteiger charge is 2.21. The molecule has 0 bridgehead atoms. The minimum Gasteiger partial charge on any atom is -0.341 e. The van der Waals surface area contributed by atoms with Crippen molar-refractivity contribution in [2.24, 2.45) is 0 Å². The van der Waals surface area contributed by atoms with Gasteiger partial charge in [-0.1, -0.05) is 78.9 Å². The second-order valence-electron chi connectivity index (χ2n) is 8.12. The molecule has 2 N–H and O–H groups in total. The predicted octanol–water partition coefficient (Wildman–Crippen LogP) is 5.62. The zero-order valence-corrected chi connectivity index (χ0v) is 19.8. The maximum atomic E-state index is 13.3. The van der Waals surface area contributed by atoms with Crippen molar-refractivity contribution in [3.63, 3.8) is 0 Å². The number of carbonyl (C=O) groups is 1. The number of hydrogen-bond acceptors (Lipinski definition) is 3. The highest BCUT2D eigenvalue weighted by atomic mass is 32.2. The van der Waals surface area contributed by atoms with Gasteiger partial charge in [0.15, 0.2) is 0 Å². The number of anilines is 1. The fourth-order valence-electron chi connectivity index (χ4n) is 3.79. The minimum absolute atomic E-state index is 0.160. The van der Waals surface area contributed by atoms with Crippen LogP contribution in [0.5, 0.6) is 0 Å². The molecule has 0 unspecified atom stereocenters. The highest BCUT2D eigenvalue weighted by molar-refractivity contribution is 7.92. The van der Waals surface area contributed by atoms with Crippen LogP contribution in [0.25, 0.3) is 0 Å². The molecule has 0 fully saturated rings. The molecule has 0 saturated heterocycles. The summed E-state index contributed by atoms with van der Waals surface area (Å²) in [5.74, 6) is -0.294. The Morgan fingerprint density at radius 3 is 2.03 bits per heavy atom. The molecular formula is C28H26N2O3S. The van der Waals surface area contributed by atoms with Gasteiger partial charge < -0.3 is 5.32 Å². The molecule has 172 valence electrons. The third kappa shape index (κ3) is 5.18. The molecule has 0 aliphatic rings. The van der Waals surface area contributed by atoms with E-state index in [0.717, 1.165) is 22.3 Å². The van der Waals surface area contributed by atoms with E-state index in [0.29, 0.717) is 11.3 Å². The van der Waals surface area contributed by atoms with Crippen molar-refractivity contribution in [3.8, 4) is 0 Å². The molecule has 5 nitrogen and oxygen atoms in total. The molecule has 0 aliphatic heterocycles. The monoisotopic (exact) mass is 470 g/mol. The molecule has 0 heterocycles. The van der Waals surface area contributed by atoms with Crippen LogP contribution >= 0.6 is 0 Å². The first-order valence-corrected chi connectivity index (χ1v) is 12.4. The number of carbonyl (C=O) groups excluding carboxylic acids is 1. The Balaban J connectivity index is 1.64. The second-order valence-corrected chi connectivity index (χ2v) is 9.80. The highest BCUT2D eigenvalue weighted by Crippen LogP contribution is 2.26. The van der Waals surface area contributed by atoms with Crippen LogP contribution in [-0.4, -0.2) is 14.3 Å². The van der Waals surface area contributed by atoms with Crippen molar-refractivity contribution in [1.29, 1.82) is 0 Å². The van der Waals surface area contributed by atoms with E-state index in [2.05, 4.69) is 10.0 Å². The second kappa shape index (κ2) is 9.93. The Labute approximate surface area is 200 Å². The Morgan fingerprint density at radius 1 is 0.735 bits per heavy atom. The third-order valence-corrected chi connectivity index (χ3v) is 7.09. The average molecular weight is 471 g/mol. The maximum Gasteiger partial charge on any atom is 0.261 e. The van der Waals surface area contributed by atoms with Gasteiger partial charge in [-0.3, -0.25) is 9.52 Å². The largest absolute Gasteiger partial charge is 0.341 e. The lowest BCUT2D eigenvalue weighted by Crippen LogP contribution is -2.30. The summed E-state index contributed by atoms with van der Waals surface area (Å²) in [6.07, 6.45) is 0. The van der Waals surface area contributed by atoms with E-state index >= 15 is 0 Å². The van der Waals surface area contributed by atoms with Gasteiger partial charge in [-0.05, 0) is 60.4 Å². The summed E-state index contributed by atoms with van der Waals surface area (Å²) in [7, 11) is -3.77. The number of aryl methyl sites for hydroxylation is 2. The van der Waals surface area contributed by atoms with E-state index in [1.54, 1.807) is 43.3 Å². The molecular weight excluding hydrogens is 444 g/mol. The molecule has 6 heteroatoms. The van der Waals surface area contributed by atoms with E-state index in [1.165, 1.54) is 12.1 Å². The summed E-state index contributed by atoms with van der Waals surface area (Å²) in [5.41, 5.74) is 4.47. The van der Waals surface area contributed by atoms with Gasteiger partial charge in [0, 0.05) is 5.56 Å². The first-order valence-electron chi connectivity index (χ1n) is 10.9. The third-order valence-electron chi connectivity index (χ3n) is 5.71. The van der Waals surface area contributed by atoms with E-state index in [9.17, 15) is 13.2 Å². The van der Waals surface area contributed by atoms with Crippen LogP contribution in [0, 0.1) is 13.8 Å². The number of benzene rings is 4. The lowest BCUT2D eigenvalue weighted by Gasteiger charge is -2.22. The molecule has 4 rings (SSSR count). The quantitative estimate of drug-likeness (QED) is 0.368. The van der Waals surface area contributed by atoms with Gasteiger partial charge in [-0.2, -0.15) is 0 Å². The topological polar surface area (TPSA) is 75.3 Å². The minimum atomic E-state index is -3.77. The molecule has 0 aromatic heterocycles. The van der Waals surface area contributed by atoms with E-state index in [1.807, 2.05) is 61.5 Å². The van der Waals surface area contributed by atoms with Crippen molar-refractivity contribution < 1.29 is 13.2 Å². The summed E-state index contributed by atoms with van der Waals surface area (Å²) in [6, 6.07) is 30.5. The Bertz CT molecular complexity index is 1400. The molecule has 34 heavy (non-hydrogen) atoms. The summed E-state index contributed by atoms with van der Waals surface area (Å²) in [4.78, 5) is 13.5. The summed E-state index contributed by atoms with van der Waals surface area (Å²) >= 11 is 0. The average Bonchev–Trinajstić information content (AvgIpc) is 2.85. The maximum absolute atomic E-state index is 13.3. The summed E-state index contributed by atoms with van der Waals surface area (Å²) in [6.45, 7) is 3.81. The van der Waals surface area contributed by atoms with Gasteiger partial charge in [-0.15, -0.1) is 0 Å². The number of amides is 1. The SMILES string of the molecule is Cc1ccc(C(=O)N[C@H](c2ccccc2)c2ccccc2C)cc1NS(=O)(=O)c1ccccc1. The van der Waals surface area contributed by atoms with Gasteiger partial charge in [0.25, 0.3) is 15.9 Å². The fraction of sp³-hybridized carbons (Fsp3) is 0.107. The lowest BCUT2D eigenvalue weighted by molar-refractivity contribution is 0.0943. The van der Waals surface area contributed by atoms with Gasteiger partial charge in [-0.25, -0.2) is 8.42 Å².